The maximum absolute atomic E-state index is 13.0. The largest absolute Gasteiger partial charge is 0.481 e. The van der Waals surface area contributed by atoms with Gasteiger partial charge in [-0.25, -0.2) is 4.39 Å². The smallest absolute Gasteiger partial charge is 0.305 e. The summed E-state index contributed by atoms with van der Waals surface area (Å²) in [5, 5.41) is 11.0. The molecule has 0 aromatic heterocycles. The summed E-state index contributed by atoms with van der Waals surface area (Å²) in [5.41, 5.74) is 6.00. The van der Waals surface area contributed by atoms with Crippen LogP contribution >= 0.6 is 0 Å². The monoisotopic (exact) mass is 254 g/mol. The van der Waals surface area contributed by atoms with Crippen LogP contribution in [-0.2, 0) is 9.59 Å². The van der Waals surface area contributed by atoms with Crippen molar-refractivity contribution in [2.45, 2.75) is 25.4 Å². The van der Waals surface area contributed by atoms with Gasteiger partial charge in [-0.2, -0.15) is 0 Å². The number of carboxylic acids is 1. The van der Waals surface area contributed by atoms with Crippen LogP contribution < -0.4 is 11.1 Å². The van der Waals surface area contributed by atoms with E-state index in [0.717, 1.165) is 0 Å². The Bertz CT molecular complexity index is 451. The van der Waals surface area contributed by atoms with E-state index < -0.39 is 36.2 Å². The highest BCUT2D eigenvalue weighted by atomic mass is 19.1. The lowest BCUT2D eigenvalue weighted by Gasteiger charge is -2.17. The van der Waals surface area contributed by atoms with Crippen molar-refractivity contribution in [2.75, 3.05) is 0 Å². The van der Waals surface area contributed by atoms with E-state index >= 15 is 0 Å². The van der Waals surface area contributed by atoms with Crippen molar-refractivity contribution in [1.82, 2.24) is 5.32 Å². The zero-order chi connectivity index (χ0) is 13.7. The molecule has 0 fully saturated rings. The Balaban J connectivity index is 2.62. The molecule has 0 saturated heterocycles. The van der Waals surface area contributed by atoms with E-state index in [1.54, 1.807) is 13.0 Å². The Labute approximate surface area is 104 Å². The summed E-state index contributed by atoms with van der Waals surface area (Å²) >= 11 is 0. The van der Waals surface area contributed by atoms with Gasteiger partial charge in [-0.3, -0.25) is 9.59 Å². The van der Waals surface area contributed by atoms with E-state index in [1.165, 1.54) is 18.2 Å². The summed E-state index contributed by atoms with van der Waals surface area (Å²) in [5.74, 6) is -2.12. The number of hydrogen-bond acceptors (Lipinski definition) is 3. The van der Waals surface area contributed by atoms with Crippen LogP contribution in [0.1, 0.15) is 24.9 Å². The summed E-state index contributed by atoms with van der Waals surface area (Å²) in [6, 6.07) is 4.25. The molecule has 0 aliphatic rings. The van der Waals surface area contributed by atoms with Crippen LogP contribution in [-0.4, -0.2) is 23.0 Å². The number of halogens is 1. The molecule has 1 rings (SSSR count). The minimum absolute atomic E-state index is 0.400. The van der Waals surface area contributed by atoms with E-state index in [0.29, 0.717) is 5.56 Å². The first-order valence-corrected chi connectivity index (χ1v) is 5.43. The van der Waals surface area contributed by atoms with Crippen LogP contribution in [0, 0.1) is 5.82 Å². The van der Waals surface area contributed by atoms with Crippen molar-refractivity contribution in [3.05, 3.63) is 35.6 Å². The molecular formula is C12H15FN2O3. The first-order valence-electron chi connectivity index (χ1n) is 5.43. The molecule has 0 aliphatic carbocycles. The Morgan fingerprint density at radius 1 is 1.50 bits per heavy atom. The molecule has 2 atom stereocenters. The van der Waals surface area contributed by atoms with E-state index in [1.807, 2.05) is 0 Å². The number of benzene rings is 1. The van der Waals surface area contributed by atoms with Crippen molar-refractivity contribution in [3.63, 3.8) is 0 Å². The molecule has 0 spiro atoms. The normalized spacial score (nSPS) is 13.7. The molecule has 0 bridgehead atoms. The maximum atomic E-state index is 13.0. The van der Waals surface area contributed by atoms with Gasteiger partial charge in [0, 0.05) is 0 Å². The number of amides is 1. The van der Waals surface area contributed by atoms with Crippen molar-refractivity contribution in [3.8, 4) is 0 Å². The summed E-state index contributed by atoms with van der Waals surface area (Å²) in [4.78, 5) is 22.0. The molecule has 0 saturated carbocycles. The Kier molecular flexibility index (Phi) is 4.79. The molecule has 0 aliphatic heterocycles. The summed E-state index contributed by atoms with van der Waals surface area (Å²) in [6.45, 7) is 1.67. The number of carbonyl (C=O) groups is 2. The van der Waals surface area contributed by atoms with Gasteiger partial charge in [0.15, 0.2) is 0 Å². The number of carboxylic acid groups (broad SMARTS) is 1. The maximum Gasteiger partial charge on any atom is 0.305 e. The topological polar surface area (TPSA) is 92.4 Å². The molecule has 4 N–H and O–H groups in total. The molecule has 5 nitrogen and oxygen atoms in total. The van der Waals surface area contributed by atoms with Gasteiger partial charge in [0.2, 0.25) is 5.91 Å². The van der Waals surface area contributed by atoms with E-state index in [-0.39, 0.29) is 0 Å². The summed E-state index contributed by atoms with van der Waals surface area (Å²) in [7, 11) is 0. The molecule has 1 unspecified atom stereocenters. The number of carbonyl (C=O) groups excluding carboxylic acids is 1. The summed E-state index contributed by atoms with van der Waals surface area (Å²) in [6.07, 6.45) is -0.443. The Hall–Kier alpha value is -1.95. The second kappa shape index (κ2) is 6.11. The van der Waals surface area contributed by atoms with Gasteiger partial charge >= 0.3 is 5.97 Å². The molecule has 6 heteroatoms. The average Bonchev–Trinajstić information content (AvgIpc) is 2.27. The quantitative estimate of drug-likeness (QED) is 0.724. The number of aliphatic carboxylic acids is 1. The number of rotatable bonds is 5. The van der Waals surface area contributed by atoms with Crippen molar-refractivity contribution in [1.29, 1.82) is 0 Å². The third-order valence-corrected chi connectivity index (χ3v) is 2.44. The molecule has 1 aromatic rings. The fraction of sp³-hybridized carbons (Fsp3) is 0.333. The van der Waals surface area contributed by atoms with Crippen molar-refractivity contribution in [2.24, 2.45) is 5.73 Å². The molecule has 18 heavy (non-hydrogen) atoms. The molecular weight excluding hydrogens is 239 g/mol. The van der Waals surface area contributed by atoms with Gasteiger partial charge in [0.05, 0.1) is 18.5 Å². The predicted octanol–water partition coefficient (Wildman–Crippen LogP) is 0.805. The van der Waals surface area contributed by atoms with Crippen LogP contribution in [0.25, 0.3) is 0 Å². The van der Waals surface area contributed by atoms with Crippen LogP contribution in [0.3, 0.4) is 0 Å². The van der Waals surface area contributed by atoms with E-state index in [2.05, 4.69) is 5.32 Å². The number of nitrogens with two attached hydrogens (primary N) is 1. The molecule has 1 amide bonds. The number of hydrogen-bond donors (Lipinski definition) is 3. The second-order valence-electron chi connectivity index (χ2n) is 3.99. The predicted molar refractivity (Wildman–Crippen MR) is 63.2 cm³/mol. The third-order valence-electron chi connectivity index (χ3n) is 2.44. The van der Waals surface area contributed by atoms with Crippen LogP contribution in [0.4, 0.5) is 4.39 Å². The lowest BCUT2D eigenvalue weighted by molar-refractivity contribution is -0.139. The zero-order valence-corrected chi connectivity index (χ0v) is 9.89. The van der Waals surface area contributed by atoms with Gasteiger partial charge in [0.25, 0.3) is 0 Å². The fourth-order valence-electron chi connectivity index (χ4n) is 1.46. The third kappa shape index (κ3) is 4.14. The van der Waals surface area contributed by atoms with Crippen LogP contribution in [0.2, 0.25) is 0 Å². The average molecular weight is 254 g/mol. The highest BCUT2D eigenvalue weighted by molar-refractivity contribution is 5.86. The molecule has 0 radical (unpaired) electrons. The SMILES string of the molecule is C[C@H](NC(=O)C(N)CC(=O)O)c1cccc(F)c1. The first kappa shape index (κ1) is 14.1. The zero-order valence-electron chi connectivity index (χ0n) is 9.89. The highest BCUT2D eigenvalue weighted by Crippen LogP contribution is 2.13. The number of nitrogens with one attached hydrogen (secondary N) is 1. The van der Waals surface area contributed by atoms with Crippen LogP contribution in [0.15, 0.2) is 24.3 Å². The lowest BCUT2D eigenvalue weighted by Crippen LogP contribution is -2.42. The van der Waals surface area contributed by atoms with Gasteiger partial charge in [-0.15, -0.1) is 0 Å². The first-order chi connectivity index (χ1) is 8.40. The van der Waals surface area contributed by atoms with Crippen molar-refractivity contribution >= 4 is 11.9 Å². The Morgan fingerprint density at radius 2 is 2.17 bits per heavy atom. The second-order valence-corrected chi connectivity index (χ2v) is 3.99. The molecule has 0 heterocycles. The van der Waals surface area contributed by atoms with Crippen LogP contribution in [0.5, 0.6) is 0 Å². The minimum atomic E-state index is -1.14. The Morgan fingerprint density at radius 3 is 2.72 bits per heavy atom. The molecule has 1 aromatic carbocycles. The van der Waals surface area contributed by atoms with Gasteiger partial charge in [0.1, 0.15) is 5.82 Å². The summed E-state index contributed by atoms with van der Waals surface area (Å²) < 4.78 is 13.0. The van der Waals surface area contributed by atoms with Gasteiger partial charge in [-0.1, -0.05) is 12.1 Å². The van der Waals surface area contributed by atoms with E-state index in [9.17, 15) is 14.0 Å². The van der Waals surface area contributed by atoms with Gasteiger partial charge < -0.3 is 16.2 Å². The highest BCUT2D eigenvalue weighted by Gasteiger charge is 2.19. The standard InChI is InChI=1S/C12H15FN2O3/c1-7(8-3-2-4-9(13)5-8)15-12(18)10(14)6-11(16)17/h2-5,7,10H,6,14H2,1H3,(H,15,18)(H,16,17)/t7-,10?/m0/s1. The van der Waals surface area contributed by atoms with Gasteiger partial charge in [-0.05, 0) is 24.6 Å². The van der Waals surface area contributed by atoms with E-state index in [4.69, 9.17) is 10.8 Å². The van der Waals surface area contributed by atoms with Crippen molar-refractivity contribution < 1.29 is 19.1 Å². The molecule has 98 valence electrons. The lowest BCUT2D eigenvalue weighted by atomic mass is 10.1. The fourth-order valence-corrected chi connectivity index (χ4v) is 1.46. The minimum Gasteiger partial charge on any atom is -0.481 e.